The molecule has 0 unspecified atom stereocenters. The van der Waals surface area contributed by atoms with E-state index in [2.05, 4.69) is 6.92 Å². The van der Waals surface area contributed by atoms with Crippen LogP contribution in [0.3, 0.4) is 0 Å². The molecule has 0 nitrogen and oxygen atoms in total. The van der Waals surface area contributed by atoms with E-state index >= 15 is 0 Å². The van der Waals surface area contributed by atoms with Crippen molar-refractivity contribution >= 4 is 0 Å². The third-order valence-electron chi connectivity index (χ3n) is 8.21. The first-order valence-electron chi connectivity index (χ1n) is 10.4. The van der Waals surface area contributed by atoms with Crippen molar-refractivity contribution in [3.63, 3.8) is 0 Å². The maximum absolute atomic E-state index is 13.0. The van der Waals surface area contributed by atoms with Crippen LogP contribution in [-0.4, -0.2) is 5.92 Å². The van der Waals surface area contributed by atoms with E-state index in [1.165, 1.54) is 64.2 Å². The van der Waals surface area contributed by atoms with Crippen molar-refractivity contribution in [2.75, 3.05) is 0 Å². The summed E-state index contributed by atoms with van der Waals surface area (Å²) in [4.78, 5) is 0. The quantitative estimate of drug-likeness (QED) is 0.542. The molecule has 2 heteroatoms. The molecule has 0 aliphatic heterocycles. The summed E-state index contributed by atoms with van der Waals surface area (Å²) in [5, 5.41) is 0. The first-order valence-corrected chi connectivity index (χ1v) is 10.4. The fourth-order valence-corrected chi connectivity index (χ4v) is 6.36. The molecule has 0 aromatic heterocycles. The number of hydrogen-bond donors (Lipinski definition) is 0. The van der Waals surface area contributed by atoms with Gasteiger partial charge < -0.3 is 0 Å². The number of hydrogen-bond acceptors (Lipinski definition) is 0. The molecule has 0 amide bonds. The van der Waals surface area contributed by atoms with Crippen LogP contribution in [0.4, 0.5) is 8.78 Å². The van der Waals surface area contributed by atoms with E-state index in [0.29, 0.717) is 11.8 Å². The van der Waals surface area contributed by atoms with Crippen LogP contribution >= 0.6 is 0 Å². The number of rotatable bonds is 3. The van der Waals surface area contributed by atoms with Crippen LogP contribution in [0.1, 0.15) is 84.0 Å². The number of halogens is 2. The molecule has 0 spiro atoms. The summed E-state index contributed by atoms with van der Waals surface area (Å²) in [6, 6.07) is 0. The lowest BCUT2D eigenvalue weighted by Crippen LogP contribution is -2.45. The molecule has 0 aromatic carbocycles. The fourth-order valence-electron chi connectivity index (χ4n) is 6.36. The molecule has 0 radical (unpaired) electrons. The normalized spacial score (nSPS) is 47.6. The van der Waals surface area contributed by atoms with Gasteiger partial charge in [-0.1, -0.05) is 19.8 Å². The average Bonchev–Trinajstić information content (AvgIpc) is 2.45. The second-order valence-corrected chi connectivity index (χ2v) is 9.71. The van der Waals surface area contributed by atoms with Gasteiger partial charge in [0.2, 0.25) is 5.92 Å². The molecule has 132 valence electrons. The van der Waals surface area contributed by atoms with Crippen LogP contribution in [0.5, 0.6) is 0 Å². The van der Waals surface area contributed by atoms with Gasteiger partial charge in [0.15, 0.2) is 0 Å². The van der Waals surface area contributed by atoms with Gasteiger partial charge in [0.25, 0.3) is 0 Å². The minimum atomic E-state index is -2.31. The number of alkyl halides is 2. The lowest BCUT2D eigenvalue weighted by atomic mass is 9.56. The zero-order valence-electron chi connectivity index (χ0n) is 14.8. The minimum absolute atomic E-state index is 0.192. The van der Waals surface area contributed by atoms with Crippen LogP contribution in [0.2, 0.25) is 0 Å². The molecule has 4 aliphatic rings. The first kappa shape index (κ1) is 16.3. The van der Waals surface area contributed by atoms with Gasteiger partial charge in [-0.3, -0.25) is 0 Å². The predicted molar refractivity (Wildman–Crippen MR) is 90.5 cm³/mol. The second kappa shape index (κ2) is 6.30. The van der Waals surface area contributed by atoms with Crippen molar-refractivity contribution in [2.24, 2.45) is 41.4 Å². The van der Waals surface area contributed by atoms with E-state index in [0.717, 1.165) is 29.6 Å². The molecule has 4 fully saturated rings. The van der Waals surface area contributed by atoms with Gasteiger partial charge in [-0.15, -0.1) is 0 Å². The molecule has 4 saturated carbocycles. The fraction of sp³-hybridized carbons (Fsp3) is 1.00. The Bertz CT molecular complexity index is 388. The van der Waals surface area contributed by atoms with Crippen LogP contribution in [0, 0.1) is 41.4 Å². The Morgan fingerprint density at radius 2 is 0.957 bits per heavy atom. The Morgan fingerprint density at radius 1 is 0.565 bits per heavy atom. The Balaban J connectivity index is 1.17. The molecular weight excluding hydrogens is 290 g/mol. The van der Waals surface area contributed by atoms with E-state index in [1.807, 2.05) is 0 Å². The highest BCUT2D eigenvalue weighted by Crippen LogP contribution is 2.56. The van der Waals surface area contributed by atoms with Crippen LogP contribution in [-0.2, 0) is 0 Å². The standard InChI is InChI=1S/C21H34F2/c1-14-2-4-15(5-3-14)16-6-8-17(9-7-16)18-10-19(11-18)20-12-21(22,23)13-20/h14-20H,2-13H2,1H3. The summed E-state index contributed by atoms with van der Waals surface area (Å²) in [6.45, 7) is 2.41. The van der Waals surface area contributed by atoms with E-state index < -0.39 is 5.92 Å². The third-order valence-corrected chi connectivity index (χ3v) is 8.21. The maximum Gasteiger partial charge on any atom is 0.248 e. The van der Waals surface area contributed by atoms with E-state index in [9.17, 15) is 8.78 Å². The summed E-state index contributed by atoms with van der Waals surface area (Å²) >= 11 is 0. The Morgan fingerprint density at radius 3 is 1.43 bits per heavy atom. The maximum atomic E-state index is 13.0. The van der Waals surface area contributed by atoms with E-state index in [1.54, 1.807) is 0 Å². The van der Waals surface area contributed by atoms with Gasteiger partial charge in [0.05, 0.1) is 0 Å². The highest BCUT2D eigenvalue weighted by molar-refractivity contribution is 4.97. The van der Waals surface area contributed by atoms with Gasteiger partial charge in [0.1, 0.15) is 0 Å². The first-order chi connectivity index (χ1) is 11.0. The topological polar surface area (TPSA) is 0 Å². The van der Waals surface area contributed by atoms with Crippen LogP contribution < -0.4 is 0 Å². The van der Waals surface area contributed by atoms with Crippen molar-refractivity contribution in [1.82, 2.24) is 0 Å². The average molecular weight is 324 g/mol. The monoisotopic (exact) mass is 324 g/mol. The molecule has 23 heavy (non-hydrogen) atoms. The van der Waals surface area contributed by atoms with Gasteiger partial charge >= 0.3 is 0 Å². The zero-order chi connectivity index (χ0) is 16.0. The van der Waals surface area contributed by atoms with E-state index in [4.69, 9.17) is 0 Å². The molecule has 0 aromatic rings. The molecule has 0 heterocycles. The molecule has 0 bridgehead atoms. The lowest BCUT2D eigenvalue weighted by Gasteiger charge is -2.51. The van der Waals surface area contributed by atoms with E-state index in [-0.39, 0.29) is 12.8 Å². The zero-order valence-corrected chi connectivity index (χ0v) is 14.8. The smallest absolute Gasteiger partial charge is 0.207 e. The summed E-state index contributed by atoms with van der Waals surface area (Å²) in [5.41, 5.74) is 0. The Hall–Kier alpha value is -0.140. The van der Waals surface area contributed by atoms with Gasteiger partial charge in [-0.25, -0.2) is 8.78 Å². The SMILES string of the molecule is CC1CCC(C2CCC(C3CC(C4CC(F)(F)C4)C3)CC2)CC1. The molecule has 0 atom stereocenters. The summed E-state index contributed by atoms with van der Waals surface area (Å²) < 4.78 is 26.0. The second-order valence-electron chi connectivity index (χ2n) is 9.71. The van der Waals surface area contributed by atoms with Crippen molar-refractivity contribution in [2.45, 2.75) is 89.9 Å². The van der Waals surface area contributed by atoms with Gasteiger partial charge in [-0.2, -0.15) is 0 Å². The highest BCUT2D eigenvalue weighted by atomic mass is 19.3. The van der Waals surface area contributed by atoms with Crippen LogP contribution in [0.15, 0.2) is 0 Å². The van der Waals surface area contributed by atoms with Crippen molar-refractivity contribution in [3.05, 3.63) is 0 Å². The summed E-state index contributed by atoms with van der Waals surface area (Å²) in [7, 11) is 0. The highest BCUT2D eigenvalue weighted by Gasteiger charge is 2.52. The third kappa shape index (κ3) is 3.47. The molecule has 0 saturated heterocycles. The largest absolute Gasteiger partial charge is 0.248 e. The lowest BCUT2D eigenvalue weighted by molar-refractivity contribution is -0.144. The van der Waals surface area contributed by atoms with Crippen LogP contribution in [0.25, 0.3) is 0 Å². The van der Waals surface area contributed by atoms with Gasteiger partial charge in [-0.05, 0) is 92.8 Å². The summed E-state index contributed by atoms with van der Waals surface area (Å²) in [5.74, 6) is 3.53. The Kier molecular flexibility index (Phi) is 4.47. The van der Waals surface area contributed by atoms with Crippen molar-refractivity contribution in [3.8, 4) is 0 Å². The summed E-state index contributed by atoms with van der Waals surface area (Å²) in [6.07, 6.45) is 14.6. The Labute approximate surface area is 140 Å². The van der Waals surface area contributed by atoms with Crippen molar-refractivity contribution in [1.29, 1.82) is 0 Å². The molecule has 0 N–H and O–H groups in total. The van der Waals surface area contributed by atoms with Crippen molar-refractivity contribution < 1.29 is 8.78 Å². The minimum Gasteiger partial charge on any atom is -0.207 e. The van der Waals surface area contributed by atoms with Gasteiger partial charge in [0, 0.05) is 12.8 Å². The molecular formula is C21H34F2. The predicted octanol–water partition coefficient (Wildman–Crippen LogP) is 6.69. The molecule has 4 rings (SSSR count). The molecule has 4 aliphatic carbocycles.